The van der Waals surface area contributed by atoms with Crippen molar-refractivity contribution in [2.75, 3.05) is 19.6 Å². The van der Waals surface area contributed by atoms with Crippen LogP contribution in [0.15, 0.2) is 0 Å². The highest BCUT2D eigenvalue weighted by Crippen LogP contribution is 2.06. The molecule has 1 rings (SSSR count). The lowest BCUT2D eigenvalue weighted by Gasteiger charge is -2.17. The molecule has 0 unspecified atom stereocenters. The Balaban J connectivity index is 2.28. The Morgan fingerprint density at radius 2 is 2.18 bits per heavy atom. The summed E-state index contributed by atoms with van der Waals surface area (Å²) in [5.74, 6) is 0. The van der Waals surface area contributed by atoms with Gasteiger partial charge in [-0.05, 0) is 38.8 Å². The van der Waals surface area contributed by atoms with E-state index >= 15 is 0 Å². The van der Waals surface area contributed by atoms with Crippen LogP contribution in [-0.4, -0.2) is 30.2 Å². The lowest BCUT2D eigenvalue weighted by molar-refractivity contribution is 0.288. The van der Waals surface area contributed by atoms with E-state index in [-0.39, 0.29) is 0 Å². The Labute approximate surface area is 69.1 Å². The summed E-state index contributed by atoms with van der Waals surface area (Å²) in [6, 6.07) is 0. The van der Waals surface area contributed by atoms with Crippen molar-refractivity contribution in [3.05, 3.63) is 0 Å². The van der Waals surface area contributed by atoms with Gasteiger partial charge in [0.15, 0.2) is 0 Å². The molecule has 0 aliphatic carbocycles. The molecule has 0 aromatic heterocycles. The van der Waals surface area contributed by atoms with Gasteiger partial charge in [-0.3, -0.25) is 0 Å². The molecule has 64 valence electrons. The van der Waals surface area contributed by atoms with Gasteiger partial charge >= 0.3 is 0 Å². The molecule has 0 bridgehead atoms. The lowest BCUT2D eigenvalue weighted by Crippen LogP contribution is -2.25. The molecule has 2 heteroatoms. The summed E-state index contributed by atoms with van der Waals surface area (Å²) in [6.07, 6.45) is 4.46. The summed E-state index contributed by atoms with van der Waals surface area (Å²) >= 11 is 0. The van der Waals surface area contributed by atoms with Crippen molar-refractivity contribution in [2.24, 2.45) is 0 Å². The summed E-state index contributed by atoms with van der Waals surface area (Å²) < 4.78 is 0. The van der Waals surface area contributed by atoms with E-state index in [0.29, 0.717) is 0 Å². The highest BCUT2D eigenvalue weighted by atomic mass is 15.1. The SMILES string of the molecule is CCCN1CCCC(=N)CC1. The molecule has 2 nitrogen and oxygen atoms in total. The second-order valence-corrected chi connectivity index (χ2v) is 3.30. The zero-order valence-corrected chi connectivity index (χ0v) is 7.40. The molecular weight excluding hydrogens is 136 g/mol. The van der Waals surface area contributed by atoms with Gasteiger partial charge in [0.25, 0.3) is 0 Å². The van der Waals surface area contributed by atoms with E-state index < -0.39 is 0 Å². The molecule has 11 heavy (non-hydrogen) atoms. The normalized spacial score (nSPS) is 21.7. The molecule has 1 aliphatic rings. The zero-order valence-electron chi connectivity index (χ0n) is 7.40. The number of likely N-dealkylation sites (tertiary alicyclic amines) is 1. The van der Waals surface area contributed by atoms with Crippen molar-refractivity contribution >= 4 is 5.71 Å². The standard InChI is InChI=1S/C9H18N2/c1-2-6-11-7-3-4-9(10)5-8-11/h10H,2-8H2,1H3. The van der Waals surface area contributed by atoms with E-state index in [1.165, 1.54) is 25.9 Å². The van der Waals surface area contributed by atoms with Crippen LogP contribution in [0, 0.1) is 5.41 Å². The van der Waals surface area contributed by atoms with Crippen LogP contribution in [0.25, 0.3) is 0 Å². The minimum Gasteiger partial charge on any atom is -0.310 e. The first-order valence-corrected chi connectivity index (χ1v) is 4.61. The van der Waals surface area contributed by atoms with Crippen LogP contribution in [0.1, 0.15) is 32.6 Å². The number of rotatable bonds is 2. The first-order valence-electron chi connectivity index (χ1n) is 4.61. The maximum atomic E-state index is 7.52. The number of nitrogens with zero attached hydrogens (tertiary/aromatic N) is 1. The average Bonchev–Trinajstić information content (AvgIpc) is 2.17. The summed E-state index contributed by atoms with van der Waals surface area (Å²) in [7, 11) is 0. The Hall–Kier alpha value is -0.370. The van der Waals surface area contributed by atoms with Gasteiger partial charge in [0.05, 0.1) is 0 Å². The van der Waals surface area contributed by atoms with Gasteiger partial charge in [0.1, 0.15) is 0 Å². The number of hydrogen-bond acceptors (Lipinski definition) is 2. The third-order valence-electron chi connectivity index (χ3n) is 2.22. The average molecular weight is 154 g/mol. The largest absolute Gasteiger partial charge is 0.310 e. The maximum Gasteiger partial charge on any atom is 0.0102 e. The fraction of sp³-hybridized carbons (Fsp3) is 0.889. The number of nitrogens with one attached hydrogen (secondary N) is 1. The monoisotopic (exact) mass is 154 g/mol. The summed E-state index contributed by atoms with van der Waals surface area (Å²) in [4.78, 5) is 2.47. The van der Waals surface area contributed by atoms with Gasteiger partial charge in [-0.25, -0.2) is 0 Å². The lowest BCUT2D eigenvalue weighted by atomic mass is 10.2. The summed E-state index contributed by atoms with van der Waals surface area (Å²) in [6.45, 7) is 5.76. The van der Waals surface area contributed by atoms with Crippen molar-refractivity contribution in [3.8, 4) is 0 Å². The molecule has 1 heterocycles. The first-order chi connectivity index (χ1) is 5.33. The Kier molecular flexibility index (Phi) is 3.57. The second kappa shape index (κ2) is 4.50. The molecule has 0 aromatic carbocycles. The topological polar surface area (TPSA) is 27.1 Å². The fourth-order valence-electron chi connectivity index (χ4n) is 1.59. The van der Waals surface area contributed by atoms with Crippen LogP contribution in [-0.2, 0) is 0 Å². The zero-order chi connectivity index (χ0) is 8.10. The molecule has 0 radical (unpaired) electrons. The predicted molar refractivity (Wildman–Crippen MR) is 48.3 cm³/mol. The number of hydrogen-bond donors (Lipinski definition) is 1. The van der Waals surface area contributed by atoms with E-state index in [2.05, 4.69) is 11.8 Å². The summed E-state index contributed by atoms with van der Waals surface area (Å²) in [5, 5.41) is 7.52. The third kappa shape index (κ3) is 3.02. The van der Waals surface area contributed by atoms with Crippen molar-refractivity contribution in [2.45, 2.75) is 32.6 Å². The Bertz CT molecular complexity index is 132. The van der Waals surface area contributed by atoms with E-state index in [1.54, 1.807) is 0 Å². The highest BCUT2D eigenvalue weighted by molar-refractivity contribution is 5.81. The van der Waals surface area contributed by atoms with Crippen LogP contribution < -0.4 is 0 Å². The molecule has 0 spiro atoms. The van der Waals surface area contributed by atoms with Crippen molar-refractivity contribution in [1.82, 2.24) is 4.90 Å². The molecule has 0 saturated carbocycles. The van der Waals surface area contributed by atoms with Crippen LogP contribution in [0.4, 0.5) is 0 Å². The van der Waals surface area contributed by atoms with E-state index in [4.69, 9.17) is 5.41 Å². The summed E-state index contributed by atoms with van der Waals surface area (Å²) in [5.41, 5.74) is 0.948. The first kappa shape index (κ1) is 8.72. The van der Waals surface area contributed by atoms with Gasteiger partial charge in [0, 0.05) is 12.3 Å². The van der Waals surface area contributed by atoms with Gasteiger partial charge in [-0.2, -0.15) is 0 Å². The quantitative estimate of drug-likeness (QED) is 0.646. The molecule has 1 saturated heterocycles. The van der Waals surface area contributed by atoms with Crippen LogP contribution in [0.3, 0.4) is 0 Å². The molecule has 0 aromatic rings. The van der Waals surface area contributed by atoms with E-state index in [9.17, 15) is 0 Å². The van der Waals surface area contributed by atoms with Gasteiger partial charge in [0.2, 0.25) is 0 Å². The minimum absolute atomic E-state index is 0.948. The highest BCUT2D eigenvalue weighted by Gasteiger charge is 2.09. The van der Waals surface area contributed by atoms with Gasteiger partial charge in [-0.15, -0.1) is 0 Å². The minimum atomic E-state index is 0.948. The molecule has 1 N–H and O–H groups in total. The molecule has 0 amide bonds. The van der Waals surface area contributed by atoms with Crippen molar-refractivity contribution in [1.29, 1.82) is 5.41 Å². The second-order valence-electron chi connectivity index (χ2n) is 3.30. The van der Waals surface area contributed by atoms with Crippen LogP contribution in [0.2, 0.25) is 0 Å². The molecule has 1 aliphatic heterocycles. The van der Waals surface area contributed by atoms with Crippen molar-refractivity contribution in [3.63, 3.8) is 0 Å². The smallest absolute Gasteiger partial charge is 0.0102 e. The van der Waals surface area contributed by atoms with Crippen molar-refractivity contribution < 1.29 is 0 Å². The Morgan fingerprint density at radius 3 is 2.91 bits per heavy atom. The van der Waals surface area contributed by atoms with Crippen LogP contribution >= 0.6 is 0 Å². The molecular formula is C9H18N2. The fourth-order valence-corrected chi connectivity index (χ4v) is 1.59. The predicted octanol–water partition coefficient (Wildman–Crippen LogP) is 1.90. The van der Waals surface area contributed by atoms with Crippen LogP contribution in [0.5, 0.6) is 0 Å². The maximum absolute atomic E-state index is 7.52. The molecule has 0 atom stereocenters. The van der Waals surface area contributed by atoms with Gasteiger partial charge in [-0.1, -0.05) is 6.92 Å². The Morgan fingerprint density at radius 1 is 1.36 bits per heavy atom. The van der Waals surface area contributed by atoms with E-state index in [0.717, 1.165) is 25.1 Å². The van der Waals surface area contributed by atoms with E-state index in [1.807, 2.05) is 0 Å². The third-order valence-corrected chi connectivity index (χ3v) is 2.22. The molecule has 1 fully saturated rings. The van der Waals surface area contributed by atoms with Gasteiger partial charge < -0.3 is 10.3 Å².